The third-order valence-electron chi connectivity index (χ3n) is 3.25. The van der Waals surface area contributed by atoms with Crippen LogP contribution in [0, 0.1) is 11.3 Å². The SMILES string of the molecule is N#Cc1cccc(Nc2ccc(N3CCNC(=O)C3)nc2)n1. The molecule has 0 aliphatic carbocycles. The zero-order valence-electron chi connectivity index (χ0n) is 11.8. The predicted molar refractivity (Wildman–Crippen MR) is 81.7 cm³/mol. The van der Waals surface area contributed by atoms with E-state index in [2.05, 4.69) is 20.6 Å². The first-order valence-corrected chi connectivity index (χ1v) is 6.86. The summed E-state index contributed by atoms with van der Waals surface area (Å²) in [6, 6.07) is 10.9. The zero-order valence-corrected chi connectivity index (χ0v) is 11.8. The maximum Gasteiger partial charge on any atom is 0.239 e. The topological polar surface area (TPSA) is 93.9 Å². The van der Waals surface area contributed by atoms with E-state index < -0.39 is 0 Å². The van der Waals surface area contributed by atoms with Crippen molar-refractivity contribution < 1.29 is 4.79 Å². The average molecular weight is 294 g/mol. The van der Waals surface area contributed by atoms with Crippen LogP contribution in [0.1, 0.15) is 5.69 Å². The molecule has 2 N–H and O–H groups in total. The van der Waals surface area contributed by atoms with Gasteiger partial charge in [0.15, 0.2) is 0 Å². The minimum Gasteiger partial charge on any atom is -0.353 e. The second kappa shape index (κ2) is 6.10. The Bertz CT molecular complexity index is 722. The van der Waals surface area contributed by atoms with Gasteiger partial charge in [-0.1, -0.05) is 6.07 Å². The van der Waals surface area contributed by atoms with Crippen LogP contribution in [0.4, 0.5) is 17.3 Å². The molecule has 1 saturated heterocycles. The lowest BCUT2D eigenvalue weighted by atomic mass is 10.3. The Labute approximate surface area is 127 Å². The predicted octanol–water partition coefficient (Wildman–Crippen LogP) is 1.03. The van der Waals surface area contributed by atoms with Crippen molar-refractivity contribution in [3.8, 4) is 6.07 Å². The molecule has 0 radical (unpaired) electrons. The van der Waals surface area contributed by atoms with Crippen LogP contribution in [0.5, 0.6) is 0 Å². The van der Waals surface area contributed by atoms with Gasteiger partial charge in [0, 0.05) is 13.1 Å². The van der Waals surface area contributed by atoms with Crippen molar-refractivity contribution in [2.75, 3.05) is 29.9 Å². The molecule has 110 valence electrons. The fourth-order valence-electron chi connectivity index (χ4n) is 2.20. The molecule has 1 amide bonds. The zero-order chi connectivity index (χ0) is 15.4. The summed E-state index contributed by atoms with van der Waals surface area (Å²) in [5, 5.41) is 14.7. The van der Waals surface area contributed by atoms with E-state index in [0.29, 0.717) is 24.6 Å². The lowest BCUT2D eigenvalue weighted by Crippen LogP contribution is -2.48. The smallest absolute Gasteiger partial charge is 0.239 e. The number of aromatic nitrogens is 2. The molecule has 0 atom stereocenters. The third-order valence-corrected chi connectivity index (χ3v) is 3.25. The first-order chi connectivity index (χ1) is 10.7. The number of rotatable bonds is 3. The van der Waals surface area contributed by atoms with Crippen molar-refractivity contribution in [3.05, 3.63) is 42.2 Å². The quantitative estimate of drug-likeness (QED) is 0.878. The summed E-state index contributed by atoms with van der Waals surface area (Å²) in [5.74, 6) is 1.36. The molecule has 2 aromatic heterocycles. The Hall–Kier alpha value is -3.14. The highest BCUT2D eigenvalue weighted by atomic mass is 16.2. The Kier molecular flexibility index (Phi) is 3.83. The normalized spacial score (nSPS) is 14.1. The molecule has 0 saturated carbocycles. The molecule has 0 spiro atoms. The number of hydrogen-bond acceptors (Lipinski definition) is 6. The molecule has 0 aromatic carbocycles. The van der Waals surface area contributed by atoms with Gasteiger partial charge in [-0.15, -0.1) is 0 Å². The highest BCUT2D eigenvalue weighted by Crippen LogP contribution is 2.18. The molecule has 3 heterocycles. The van der Waals surface area contributed by atoms with E-state index in [4.69, 9.17) is 5.26 Å². The van der Waals surface area contributed by atoms with E-state index in [1.54, 1.807) is 24.4 Å². The molecule has 7 nitrogen and oxygen atoms in total. The monoisotopic (exact) mass is 294 g/mol. The summed E-state index contributed by atoms with van der Waals surface area (Å²) in [4.78, 5) is 21.8. The number of piperazine rings is 1. The van der Waals surface area contributed by atoms with Crippen molar-refractivity contribution in [2.24, 2.45) is 0 Å². The van der Waals surface area contributed by atoms with Crippen molar-refractivity contribution in [1.29, 1.82) is 5.26 Å². The molecule has 2 aromatic rings. The molecule has 3 rings (SSSR count). The molecule has 0 bridgehead atoms. The standard InChI is InChI=1S/C15H14N6O/c16-8-11-2-1-3-13(19-11)20-12-4-5-14(18-9-12)21-7-6-17-15(22)10-21/h1-5,9H,6-7,10H2,(H,17,22)(H,19,20). The van der Waals surface area contributed by atoms with Crippen LogP contribution in [0.3, 0.4) is 0 Å². The van der Waals surface area contributed by atoms with Crippen LogP contribution in [0.15, 0.2) is 36.5 Å². The van der Waals surface area contributed by atoms with Gasteiger partial charge >= 0.3 is 0 Å². The van der Waals surface area contributed by atoms with Gasteiger partial charge in [0.2, 0.25) is 5.91 Å². The molecule has 1 fully saturated rings. The molecule has 0 unspecified atom stereocenters. The van der Waals surface area contributed by atoms with Gasteiger partial charge in [0.05, 0.1) is 18.4 Å². The average Bonchev–Trinajstić information content (AvgIpc) is 2.56. The fourth-order valence-corrected chi connectivity index (χ4v) is 2.20. The minimum absolute atomic E-state index is 0.00719. The minimum atomic E-state index is 0.00719. The number of anilines is 3. The van der Waals surface area contributed by atoms with E-state index in [1.807, 2.05) is 23.1 Å². The van der Waals surface area contributed by atoms with Gasteiger partial charge in [0.25, 0.3) is 0 Å². The second-order valence-electron chi connectivity index (χ2n) is 4.82. The summed E-state index contributed by atoms with van der Waals surface area (Å²) in [6.07, 6.45) is 1.68. The number of amides is 1. The van der Waals surface area contributed by atoms with Crippen molar-refractivity contribution in [2.45, 2.75) is 0 Å². The summed E-state index contributed by atoms with van der Waals surface area (Å²) in [7, 11) is 0. The maximum absolute atomic E-state index is 11.4. The number of pyridine rings is 2. The number of hydrogen-bond donors (Lipinski definition) is 2. The highest BCUT2D eigenvalue weighted by Gasteiger charge is 2.17. The number of carbonyl (C=O) groups is 1. The van der Waals surface area contributed by atoms with Gasteiger partial charge in [-0.2, -0.15) is 5.26 Å². The van der Waals surface area contributed by atoms with Crippen LogP contribution in [-0.4, -0.2) is 35.5 Å². The van der Waals surface area contributed by atoms with Crippen LogP contribution in [0.2, 0.25) is 0 Å². The fraction of sp³-hybridized carbons (Fsp3) is 0.200. The van der Waals surface area contributed by atoms with Crippen LogP contribution in [-0.2, 0) is 4.79 Å². The number of carbonyl (C=O) groups excluding carboxylic acids is 1. The Morgan fingerprint density at radius 2 is 2.23 bits per heavy atom. The van der Waals surface area contributed by atoms with E-state index in [9.17, 15) is 4.79 Å². The van der Waals surface area contributed by atoms with E-state index in [0.717, 1.165) is 18.1 Å². The molecule has 1 aliphatic rings. The summed E-state index contributed by atoms with van der Waals surface area (Å²) < 4.78 is 0. The highest BCUT2D eigenvalue weighted by molar-refractivity contribution is 5.82. The van der Waals surface area contributed by atoms with E-state index >= 15 is 0 Å². The van der Waals surface area contributed by atoms with Crippen molar-refractivity contribution in [3.63, 3.8) is 0 Å². The number of nitrogens with zero attached hydrogens (tertiary/aromatic N) is 4. The lowest BCUT2D eigenvalue weighted by Gasteiger charge is -2.27. The summed E-state index contributed by atoms with van der Waals surface area (Å²) >= 11 is 0. The number of nitrogens with one attached hydrogen (secondary N) is 2. The maximum atomic E-state index is 11.4. The third kappa shape index (κ3) is 3.12. The molecular formula is C15H14N6O. The first kappa shape index (κ1) is 13.8. The molecule has 1 aliphatic heterocycles. The van der Waals surface area contributed by atoms with Crippen LogP contribution < -0.4 is 15.5 Å². The van der Waals surface area contributed by atoms with Crippen LogP contribution in [0.25, 0.3) is 0 Å². The lowest BCUT2D eigenvalue weighted by molar-refractivity contribution is -0.120. The van der Waals surface area contributed by atoms with Gasteiger partial charge < -0.3 is 15.5 Å². The largest absolute Gasteiger partial charge is 0.353 e. The molecule has 7 heteroatoms. The Morgan fingerprint density at radius 1 is 1.32 bits per heavy atom. The van der Waals surface area contributed by atoms with Gasteiger partial charge in [-0.25, -0.2) is 9.97 Å². The van der Waals surface area contributed by atoms with E-state index in [-0.39, 0.29) is 5.91 Å². The Morgan fingerprint density at radius 3 is 2.95 bits per heavy atom. The molecule has 22 heavy (non-hydrogen) atoms. The van der Waals surface area contributed by atoms with Crippen LogP contribution >= 0.6 is 0 Å². The van der Waals surface area contributed by atoms with Crippen molar-refractivity contribution in [1.82, 2.24) is 15.3 Å². The summed E-state index contributed by atoms with van der Waals surface area (Å²) in [6.45, 7) is 1.70. The van der Waals surface area contributed by atoms with E-state index in [1.165, 1.54) is 0 Å². The first-order valence-electron chi connectivity index (χ1n) is 6.86. The second-order valence-corrected chi connectivity index (χ2v) is 4.82. The number of nitriles is 1. The summed E-state index contributed by atoms with van der Waals surface area (Å²) in [5.41, 5.74) is 1.13. The Balaban J connectivity index is 1.71. The van der Waals surface area contributed by atoms with Crippen molar-refractivity contribution >= 4 is 23.2 Å². The molecular weight excluding hydrogens is 280 g/mol. The van der Waals surface area contributed by atoms with Gasteiger partial charge in [-0.05, 0) is 24.3 Å². The van der Waals surface area contributed by atoms with Gasteiger partial charge in [0.1, 0.15) is 23.4 Å². The van der Waals surface area contributed by atoms with Gasteiger partial charge in [-0.3, -0.25) is 4.79 Å².